The second kappa shape index (κ2) is 11.6. The van der Waals surface area contributed by atoms with Crippen LogP contribution in [0, 0.1) is 6.92 Å². The van der Waals surface area contributed by atoms with E-state index in [1.54, 1.807) is 62.6 Å². The lowest BCUT2D eigenvalue weighted by molar-refractivity contribution is 0.370. The van der Waals surface area contributed by atoms with Gasteiger partial charge in [0.1, 0.15) is 22.9 Å². The van der Waals surface area contributed by atoms with Gasteiger partial charge in [-0.3, -0.25) is 4.98 Å². The predicted molar refractivity (Wildman–Crippen MR) is 166 cm³/mol. The van der Waals surface area contributed by atoms with Crippen LogP contribution in [0.25, 0.3) is 33.5 Å². The fourth-order valence-electron chi connectivity index (χ4n) is 5.16. The van der Waals surface area contributed by atoms with E-state index in [4.69, 9.17) is 19.3 Å². The molecule has 0 aliphatic carbocycles. The Kier molecular flexibility index (Phi) is 7.66. The van der Waals surface area contributed by atoms with Crippen molar-refractivity contribution in [1.29, 1.82) is 0 Å². The largest absolute Gasteiger partial charge is 0.497 e. The van der Waals surface area contributed by atoms with Gasteiger partial charge in [-0.2, -0.15) is 14.5 Å². The SMILES string of the molecule is COc1ccc(CN(Cc2ccc(-n3nc(C)c4cnc(-c5cnn6cccnc56)cc43)c(OC)c2)S(C)(=O)=O)c(OC)c1. The molecule has 13 heteroatoms. The van der Waals surface area contributed by atoms with Crippen LogP contribution in [0.4, 0.5) is 0 Å². The number of sulfonamides is 1. The van der Waals surface area contributed by atoms with Gasteiger partial charge in [0.25, 0.3) is 0 Å². The zero-order chi connectivity index (χ0) is 31.0. The van der Waals surface area contributed by atoms with Gasteiger partial charge in [-0.1, -0.05) is 12.1 Å². The predicted octanol–water partition coefficient (Wildman–Crippen LogP) is 4.43. The lowest BCUT2D eigenvalue weighted by Crippen LogP contribution is -2.29. The first kappa shape index (κ1) is 29.1. The minimum Gasteiger partial charge on any atom is -0.497 e. The first-order valence-electron chi connectivity index (χ1n) is 13.7. The van der Waals surface area contributed by atoms with E-state index in [0.29, 0.717) is 39.8 Å². The van der Waals surface area contributed by atoms with Crippen molar-refractivity contribution in [2.45, 2.75) is 20.0 Å². The van der Waals surface area contributed by atoms with Crippen LogP contribution in [-0.2, 0) is 23.1 Å². The molecule has 0 amide bonds. The fraction of sp³-hybridized carbons (Fsp3) is 0.226. The van der Waals surface area contributed by atoms with Crippen molar-refractivity contribution in [2.24, 2.45) is 0 Å². The first-order chi connectivity index (χ1) is 21.2. The van der Waals surface area contributed by atoms with E-state index in [-0.39, 0.29) is 13.1 Å². The molecular formula is C31H31N7O5S. The maximum absolute atomic E-state index is 12.9. The molecule has 0 saturated carbocycles. The zero-order valence-electron chi connectivity index (χ0n) is 24.9. The van der Waals surface area contributed by atoms with Gasteiger partial charge in [-0.25, -0.2) is 22.6 Å². The molecule has 0 N–H and O–H groups in total. The number of aromatic nitrogens is 6. The number of fused-ring (bicyclic) bond motifs is 2. The second-order valence-electron chi connectivity index (χ2n) is 10.2. The van der Waals surface area contributed by atoms with Crippen LogP contribution in [0.5, 0.6) is 17.2 Å². The van der Waals surface area contributed by atoms with Crippen molar-refractivity contribution in [1.82, 2.24) is 33.7 Å². The number of aryl methyl sites for hydroxylation is 1. The summed E-state index contributed by atoms with van der Waals surface area (Å²) in [6.07, 6.45) is 8.29. The van der Waals surface area contributed by atoms with Crippen LogP contribution in [0.3, 0.4) is 0 Å². The van der Waals surface area contributed by atoms with Crippen molar-refractivity contribution in [3.05, 3.63) is 90.1 Å². The van der Waals surface area contributed by atoms with Gasteiger partial charge in [0.2, 0.25) is 10.0 Å². The Morgan fingerprint density at radius 3 is 2.48 bits per heavy atom. The molecule has 226 valence electrons. The van der Waals surface area contributed by atoms with Crippen LogP contribution in [0.1, 0.15) is 16.8 Å². The molecule has 44 heavy (non-hydrogen) atoms. The van der Waals surface area contributed by atoms with E-state index in [2.05, 4.69) is 15.1 Å². The lowest BCUT2D eigenvalue weighted by Gasteiger charge is -2.22. The van der Waals surface area contributed by atoms with Crippen molar-refractivity contribution < 1.29 is 22.6 Å². The molecule has 0 spiro atoms. The number of nitrogens with zero attached hydrogens (tertiary/aromatic N) is 7. The Morgan fingerprint density at radius 2 is 1.73 bits per heavy atom. The quantitative estimate of drug-likeness (QED) is 0.221. The number of ether oxygens (including phenoxy) is 3. The molecule has 0 aliphatic rings. The summed E-state index contributed by atoms with van der Waals surface area (Å²) in [6, 6.07) is 14.7. The first-order valence-corrected chi connectivity index (χ1v) is 15.5. The van der Waals surface area contributed by atoms with Crippen LogP contribution in [0.15, 0.2) is 73.3 Å². The summed E-state index contributed by atoms with van der Waals surface area (Å²) in [5.41, 5.74) is 6.01. The number of rotatable bonds is 10. The number of benzene rings is 2. The number of methoxy groups -OCH3 is 3. The van der Waals surface area contributed by atoms with Crippen molar-refractivity contribution in [3.8, 4) is 34.2 Å². The molecule has 0 atom stereocenters. The van der Waals surface area contributed by atoms with E-state index in [9.17, 15) is 8.42 Å². The third-order valence-corrected chi connectivity index (χ3v) is 8.64. The van der Waals surface area contributed by atoms with Gasteiger partial charge < -0.3 is 14.2 Å². The normalized spacial score (nSPS) is 11.9. The minimum atomic E-state index is -3.58. The molecule has 0 saturated heterocycles. The van der Waals surface area contributed by atoms with Gasteiger partial charge >= 0.3 is 0 Å². The van der Waals surface area contributed by atoms with Gasteiger partial charge in [0, 0.05) is 48.7 Å². The smallest absolute Gasteiger partial charge is 0.211 e. The Labute approximate surface area is 254 Å². The Bertz CT molecular complexity index is 2110. The van der Waals surface area contributed by atoms with Crippen molar-refractivity contribution in [3.63, 3.8) is 0 Å². The average Bonchev–Trinajstić information content (AvgIpc) is 3.61. The van der Waals surface area contributed by atoms with Crippen molar-refractivity contribution >= 4 is 26.6 Å². The van der Waals surface area contributed by atoms with Gasteiger partial charge in [0.15, 0.2) is 5.65 Å². The van der Waals surface area contributed by atoms with E-state index in [0.717, 1.165) is 27.7 Å². The van der Waals surface area contributed by atoms with Crippen LogP contribution >= 0.6 is 0 Å². The molecular weight excluding hydrogens is 582 g/mol. The lowest BCUT2D eigenvalue weighted by atomic mass is 10.1. The molecule has 0 aliphatic heterocycles. The summed E-state index contributed by atoms with van der Waals surface area (Å²) in [4.78, 5) is 9.14. The van der Waals surface area contributed by atoms with Crippen LogP contribution in [0.2, 0.25) is 0 Å². The number of hydrogen-bond acceptors (Lipinski definition) is 9. The van der Waals surface area contributed by atoms with Gasteiger partial charge in [0.05, 0.1) is 56.3 Å². The highest BCUT2D eigenvalue weighted by Gasteiger charge is 2.22. The standard InChI is InChI=1S/C31H31N7O5S/c1-20-24-16-33-26(25-17-34-37-12-6-11-32-31(25)37)15-28(24)38(35-20)27-10-7-21(13-30(27)43-4)18-36(44(5,39)40)19-22-8-9-23(41-2)14-29(22)42-3/h6-17H,18-19H2,1-5H3. The highest BCUT2D eigenvalue weighted by atomic mass is 32.2. The van der Waals surface area contributed by atoms with Crippen LogP contribution in [-0.4, -0.2) is 69.7 Å². The van der Waals surface area contributed by atoms with E-state index < -0.39 is 10.0 Å². The number of hydrogen-bond donors (Lipinski definition) is 0. The molecule has 6 rings (SSSR count). The molecule has 0 radical (unpaired) electrons. The summed E-state index contributed by atoms with van der Waals surface area (Å²) in [5, 5.41) is 10.1. The third-order valence-electron chi connectivity index (χ3n) is 7.45. The maximum Gasteiger partial charge on any atom is 0.211 e. The molecule has 0 bridgehead atoms. The van der Waals surface area contributed by atoms with E-state index in [1.807, 2.05) is 48.1 Å². The molecule has 2 aromatic carbocycles. The Balaban J connectivity index is 1.36. The number of pyridine rings is 1. The summed E-state index contributed by atoms with van der Waals surface area (Å²) in [5.74, 6) is 1.70. The van der Waals surface area contributed by atoms with Crippen molar-refractivity contribution in [2.75, 3.05) is 27.6 Å². The third kappa shape index (κ3) is 5.42. The van der Waals surface area contributed by atoms with E-state index >= 15 is 0 Å². The Morgan fingerprint density at radius 1 is 0.909 bits per heavy atom. The van der Waals surface area contributed by atoms with Gasteiger partial charge in [-0.05, 0) is 42.8 Å². The molecule has 4 heterocycles. The summed E-state index contributed by atoms with van der Waals surface area (Å²) < 4.78 is 47.2. The maximum atomic E-state index is 12.9. The zero-order valence-corrected chi connectivity index (χ0v) is 25.7. The monoisotopic (exact) mass is 613 g/mol. The highest BCUT2D eigenvalue weighted by Crippen LogP contribution is 2.32. The topological polar surface area (TPSA) is 126 Å². The Hall–Kier alpha value is -5.01. The highest BCUT2D eigenvalue weighted by molar-refractivity contribution is 7.88. The molecule has 0 fully saturated rings. The second-order valence-corrected chi connectivity index (χ2v) is 12.2. The van der Waals surface area contributed by atoms with E-state index in [1.165, 1.54) is 10.6 Å². The van der Waals surface area contributed by atoms with Gasteiger partial charge in [-0.15, -0.1) is 0 Å². The molecule has 0 unspecified atom stereocenters. The summed E-state index contributed by atoms with van der Waals surface area (Å²) in [6.45, 7) is 2.17. The minimum absolute atomic E-state index is 0.118. The average molecular weight is 614 g/mol. The van der Waals surface area contributed by atoms with Crippen LogP contribution < -0.4 is 14.2 Å². The summed E-state index contributed by atoms with van der Waals surface area (Å²) in [7, 11) is 1.11. The molecule has 6 aromatic rings. The molecule has 12 nitrogen and oxygen atoms in total. The fourth-order valence-corrected chi connectivity index (χ4v) is 5.91. The summed E-state index contributed by atoms with van der Waals surface area (Å²) >= 11 is 0. The molecule has 4 aromatic heterocycles.